The van der Waals surface area contributed by atoms with Crippen LogP contribution in [-0.2, 0) is 9.53 Å². The smallest absolute Gasteiger partial charge is 0.410 e. The average Bonchev–Trinajstić information content (AvgIpc) is 2.25. The van der Waals surface area contributed by atoms with Gasteiger partial charge in [-0.2, -0.15) is 0 Å². The first-order valence-electron chi connectivity index (χ1n) is 6.89. The highest BCUT2D eigenvalue weighted by atomic mass is 16.6. The fourth-order valence-electron chi connectivity index (χ4n) is 1.96. The molecule has 5 heteroatoms. The summed E-state index contributed by atoms with van der Waals surface area (Å²) in [5, 5.41) is 0. The second kappa shape index (κ2) is 5.80. The Balaban J connectivity index is 2.59. The number of piperazine rings is 1. The van der Waals surface area contributed by atoms with E-state index in [1.54, 1.807) is 0 Å². The van der Waals surface area contributed by atoms with Crippen molar-refractivity contribution in [2.75, 3.05) is 19.6 Å². The lowest BCUT2D eigenvalue weighted by molar-refractivity contribution is -0.139. The molecule has 19 heavy (non-hydrogen) atoms. The van der Waals surface area contributed by atoms with Crippen LogP contribution in [0.2, 0.25) is 0 Å². The molecule has 0 bridgehead atoms. The van der Waals surface area contributed by atoms with Gasteiger partial charge >= 0.3 is 6.09 Å². The molecule has 2 amide bonds. The van der Waals surface area contributed by atoms with Gasteiger partial charge in [0, 0.05) is 19.1 Å². The van der Waals surface area contributed by atoms with Crippen LogP contribution in [0.4, 0.5) is 4.79 Å². The lowest BCUT2D eigenvalue weighted by Crippen LogP contribution is -2.56. The van der Waals surface area contributed by atoms with Gasteiger partial charge in [-0.15, -0.1) is 0 Å². The molecule has 1 aliphatic rings. The minimum atomic E-state index is -0.525. The summed E-state index contributed by atoms with van der Waals surface area (Å²) in [4.78, 5) is 27.3. The summed E-state index contributed by atoms with van der Waals surface area (Å²) in [5.74, 6) is 0.412. The highest BCUT2D eigenvalue weighted by Gasteiger charge is 2.32. The van der Waals surface area contributed by atoms with Crippen molar-refractivity contribution >= 4 is 12.0 Å². The van der Waals surface area contributed by atoms with Crippen LogP contribution in [0.15, 0.2) is 0 Å². The van der Waals surface area contributed by atoms with Crippen LogP contribution < -0.4 is 0 Å². The maximum Gasteiger partial charge on any atom is 0.410 e. The first kappa shape index (κ1) is 15.8. The Morgan fingerprint density at radius 1 is 1.21 bits per heavy atom. The van der Waals surface area contributed by atoms with Gasteiger partial charge in [0.15, 0.2) is 0 Å². The van der Waals surface area contributed by atoms with E-state index >= 15 is 0 Å². The fourth-order valence-corrected chi connectivity index (χ4v) is 1.96. The Hall–Kier alpha value is -1.26. The average molecular weight is 270 g/mol. The van der Waals surface area contributed by atoms with Gasteiger partial charge in [-0.1, -0.05) is 13.8 Å². The van der Waals surface area contributed by atoms with E-state index in [1.807, 2.05) is 32.6 Å². The van der Waals surface area contributed by atoms with E-state index in [9.17, 15) is 9.59 Å². The van der Waals surface area contributed by atoms with Crippen LogP contribution >= 0.6 is 0 Å². The molecule has 0 aromatic rings. The number of hydrogen-bond acceptors (Lipinski definition) is 3. The first-order valence-corrected chi connectivity index (χ1v) is 6.89. The Labute approximate surface area is 115 Å². The van der Waals surface area contributed by atoms with Gasteiger partial charge in [-0.3, -0.25) is 9.69 Å². The third kappa shape index (κ3) is 4.40. The van der Waals surface area contributed by atoms with Gasteiger partial charge in [-0.25, -0.2) is 4.79 Å². The van der Waals surface area contributed by atoms with Gasteiger partial charge in [-0.05, 0) is 33.6 Å². The molecule has 0 aromatic carbocycles. The third-order valence-electron chi connectivity index (χ3n) is 3.37. The van der Waals surface area contributed by atoms with E-state index in [2.05, 4.69) is 13.8 Å². The van der Waals surface area contributed by atoms with Gasteiger partial charge in [0.1, 0.15) is 12.1 Å². The van der Waals surface area contributed by atoms with Crippen molar-refractivity contribution in [2.45, 2.75) is 53.2 Å². The normalized spacial score (nSPS) is 18.8. The van der Waals surface area contributed by atoms with Crippen LogP contribution in [0.5, 0.6) is 0 Å². The maximum atomic E-state index is 12.1. The number of carbonyl (C=O) groups is 2. The van der Waals surface area contributed by atoms with Crippen molar-refractivity contribution in [3.05, 3.63) is 0 Å². The summed E-state index contributed by atoms with van der Waals surface area (Å²) in [7, 11) is 0. The number of amides is 2. The molecule has 1 aliphatic heterocycles. The minimum absolute atomic E-state index is 0.00157. The molecule has 1 unspecified atom stereocenters. The first-order chi connectivity index (χ1) is 8.61. The molecule has 0 radical (unpaired) electrons. The minimum Gasteiger partial charge on any atom is -0.444 e. The Morgan fingerprint density at radius 3 is 2.21 bits per heavy atom. The molecule has 1 rings (SSSR count). The second-order valence-electron chi connectivity index (χ2n) is 6.47. The van der Waals surface area contributed by atoms with Gasteiger partial charge in [0.05, 0.1) is 0 Å². The highest BCUT2D eigenvalue weighted by Crippen LogP contribution is 2.16. The van der Waals surface area contributed by atoms with Crippen LogP contribution in [0.3, 0.4) is 0 Å². The predicted octanol–water partition coefficient (Wildman–Crippen LogP) is 2.11. The zero-order chi connectivity index (χ0) is 14.8. The summed E-state index contributed by atoms with van der Waals surface area (Å²) in [6.07, 6.45) is -0.405. The summed E-state index contributed by atoms with van der Waals surface area (Å²) >= 11 is 0. The molecule has 1 saturated heterocycles. The van der Waals surface area contributed by atoms with E-state index in [0.717, 1.165) is 0 Å². The van der Waals surface area contributed by atoms with Gasteiger partial charge in [0.25, 0.3) is 0 Å². The van der Waals surface area contributed by atoms with Crippen LogP contribution in [0.1, 0.15) is 41.5 Å². The van der Waals surface area contributed by atoms with Crippen molar-refractivity contribution in [1.82, 2.24) is 9.80 Å². The molecule has 110 valence electrons. The van der Waals surface area contributed by atoms with Gasteiger partial charge in [0.2, 0.25) is 5.91 Å². The number of ether oxygens (including phenoxy) is 1. The molecule has 0 spiro atoms. The molecule has 0 saturated carbocycles. The molecule has 1 atom stereocenters. The lowest BCUT2D eigenvalue weighted by atomic mass is 10.0. The third-order valence-corrected chi connectivity index (χ3v) is 3.37. The highest BCUT2D eigenvalue weighted by molar-refractivity contribution is 5.83. The van der Waals surface area contributed by atoms with E-state index in [0.29, 0.717) is 19.0 Å². The van der Waals surface area contributed by atoms with Crippen molar-refractivity contribution in [2.24, 2.45) is 5.92 Å². The van der Waals surface area contributed by atoms with E-state index in [1.165, 1.54) is 4.90 Å². The lowest BCUT2D eigenvalue weighted by Gasteiger charge is -2.39. The van der Waals surface area contributed by atoms with E-state index in [-0.39, 0.29) is 18.5 Å². The van der Waals surface area contributed by atoms with E-state index in [4.69, 9.17) is 4.74 Å². The molecular formula is C14H26N2O3. The monoisotopic (exact) mass is 270 g/mol. The number of nitrogens with zero attached hydrogens (tertiary/aromatic N) is 2. The Kier molecular flexibility index (Phi) is 4.82. The standard InChI is InChI=1S/C14H26N2O3/c1-10(2)11(3)16-8-7-15(9-12(16)17)13(18)19-14(4,5)6/h10-11H,7-9H2,1-6H3. The Bertz CT molecular complexity index is 347. The molecular weight excluding hydrogens is 244 g/mol. The van der Waals surface area contributed by atoms with Crippen LogP contribution in [-0.4, -0.2) is 53.1 Å². The summed E-state index contributed by atoms with van der Waals surface area (Å²) in [6.45, 7) is 12.9. The van der Waals surface area contributed by atoms with Crippen molar-refractivity contribution < 1.29 is 14.3 Å². The molecule has 5 nitrogen and oxygen atoms in total. The molecule has 1 heterocycles. The number of rotatable bonds is 2. The quantitative estimate of drug-likeness (QED) is 0.772. The topological polar surface area (TPSA) is 49.9 Å². The fraction of sp³-hybridized carbons (Fsp3) is 0.857. The van der Waals surface area contributed by atoms with Crippen molar-refractivity contribution in [3.63, 3.8) is 0 Å². The van der Waals surface area contributed by atoms with Crippen molar-refractivity contribution in [1.29, 1.82) is 0 Å². The Morgan fingerprint density at radius 2 is 1.79 bits per heavy atom. The number of hydrogen-bond donors (Lipinski definition) is 0. The molecule has 1 fully saturated rings. The van der Waals surface area contributed by atoms with Crippen LogP contribution in [0, 0.1) is 5.92 Å². The van der Waals surface area contributed by atoms with Gasteiger partial charge < -0.3 is 9.64 Å². The zero-order valence-electron chi connectivity index (χ0n) is 12.9. The largest absolute Gasteiger partial charge is 0.444 e. The molecule has 0 N–H and O–H groups in total. The van der Waals surface area contributed by atoms with Crippen LogP contribution in [0.25, 0.3) is 0 Å². The summed E-state index contributed by atoms with van der Waals surface area (Å²) in [5.41, 5.74) is -0.525. The molecule has 0 aromatic heterocycles. The predicted molar refractivity (Wildman–Crippen MR) is 73.8 cm³/mol. The summed E-state index contributed by atoms with van der Waals surface area (Å²) in [6, 6.07) is 0.202. The molecule has 0 aliphatic carbocycles. The maximum absolute atomic E-state index is 12.1. The van der Waals surface area contributed by atoms with E-state index < -0.39 is 11.7 Å². The SMILES string of the molecule is CC(C)C(C)N1CCN(C(=O)OC(C)(C)C)CC1=O. The summed E-state index contributed by atoms with van der Waals surface area (Å²) < 4.78 is 5.28. The second-order valence-corrected chi connectivity index (χ2v) is 6.47. The zero-order valence-corrected chi connectivity index (χ0v) is 12.9. The number of carbonyl (C=O) groups excluding carboxylic acids is 2. The van der Waals surface area contributed by atoms with Crippen molar-refractivity contribution in [3.8, 4) is 0 Å².